The number of hydrogen-bond donors (Lipinski definition) is 2. The normalized spacial score (nSPS) is 16.5. The van der Waals surface area contributed by atoms with Crippen molar-refractivity contribution < 1.29 is 17.9 Å². The third-order valence-electron chi connectivity index (χ3n) is 3.71. The molecule has 7 heteroatoms. The summed E-state index contributed by atoms with van der Waals surface area (Å²) in [6.07, 6.45) is 5.13. The van der Waals surface area contributed by atoms with Crippen LogP contribution in [0.2, 0.25) is 0 Å². The van der Waals surface area contributed by atoms with Crippen LogP contribution in [0, 0.1) is 5.92 Å². The summed E-state index contributed by atoms with van der Waals surface area (Å²) >= 11 is 0. The molecule has 1 fully saturated rings. The molecule has 0 heterocycles. The summed E-state index contributed by atoms with van der Waals surface area (Å²) < 4.78 is 27.8. The van der Waals surface area contributed by atoms with E-state index >= 15 is 0 Å². The number of anilines is 1. The van der Waals surface area contributed by atoms with Crippen LogP contribution in [-0.4, -0.2) is 21.4 Å². The number of nitrogens with one attached hydrogen (secondary N) is 1. The van der Waals surface area contributed by atoms with Gasteiger partial charge in [0.2, 0.25) is 15.9 Å². The number of carbonyl (C=O) groups excluding carboxylic acids is 1. The van der Waals surface area contributed by atoms with Crippen LogP contribution in [0.25, 0.3) is 0 Å². The van der Waals surface area contributed by atoms with Gasteiger partial charge in [0.15, 0.2) is 0 Å². The summed E-state index contributed by atoms with van der Waals surface area (Å²) in [4.78, 5) is 12.1. The Balaban J connectivity index is 2.15. The van der Waals surface area contributed by atoms with E-state index < -0.39 is 10.0 Å². The molecule has 1 aliphatic carbocycles. The minimum Gasteiger partial charge on any atom is -0.495 e. The molecule has 1 amide bonds. The van der Waals surface area contributed by atoms with Crippen LogP contribution in [0.1, 0.15) is 32.1 Å². The lowest BCUT2D eigenvalue weighted by atomic mass is 9.88. The molecule has 0 spiro atoms. The number of benzene rings is 1. The first-order chi connectivity index (χ1) is 9.91. The maximum absolute atomic E-state index is 12.2. The van der Waals surface area contributed by atoms with Crippen LogP contribution in [0.5, 0.6) is 5.75 Å². The van der Waals surface area contributed by atoms with E-state index in [-0.39, 0.29) is 22.5 Å². The molecule has 116 valence electrons. The molecule has 6 nitrogen and oxygen atoms in total. The number of sulfonamides is 1. The number of primary sulfonamides is 1. The highest BCUT2D eigenvalue weighted by Gasteiger charge is 2.22. The van der Waals surface area contributed by atoms with Gasteiger partial charge in [-0.15, -0.1) is 0 Å². The average Bonchev–Trinajstić information content (AvgIpc) is 2.46. The standard InChI is InChI=1S/C14H20N2O4S/c1-20-12-9-11(7-8-13(12)21(15,18)19)16-14(17)10-5-3-2-4-6-10/h7-10H,2-6H2,1H3,(H,16,17)(H2,15,18,19). The molecule has 2 rings (SSSR count). The fraction of sp³-hybridized carbons (Fsp3) is 0.500. The van der Waals surface area contributed by atoms with Gasteiger partial charge in [-0.05, 0) is 25.0 Å². The maximum atomic E-state index is 12.2. The lowest BCUT2D eigenvalue weighted by Gasteiger charge is -2.21. The lowest BCUT2D eigenvalue weighted by Crippen LogP contribution is -2.24. The minimum atomic E-state index is -3.85. The van der Waals surface area contributed by atoms with Crippen molar-refractivity contribution in [1.29, 1.82) is 0 Å². The molecule has 0 aromatic heterocycles. The molecule has 1 aliphatic rings. The zero-order valence-corrected chi connectivity index (χ0v) is 12.8. The summed E-state index contributed by atoms with van der Waals surface area (Å²) in [5, 5.41) is 7.92. The van der Waals surface area contributed by atoms with E-state index in [1.165, 1.54) is 31.7 Å². The second-order valence-corrected chi connectivity index (χ2v) is 6.76. The van der Waals surface area contributed by atoms with E-state index in [0.29, 0.717) is 5.69 Å². The molecule has 0 aliphatic heterocycles. The summed E-state index contributed by atoms with van der Waals surface area (Å²) in [5.41, 5.74) is 0.509. The van der Waals surface area contributed by atoms with Crippen molar-refractivity contribution in [2.45, 2.75) is 37.0 Å². The summed E-state index contributed by atoms with van der Waals surface area (Å²) in [6, 6.07) is 4.33. The molecule has 3 N–H and O–H groups in total. The zero-order chi connectivity index (χ0) is 15.5. The van der Waals surface area contributed by atoms with Crippen LogP contribution in [0.3, 0.4) is 0 Å². The Hall–Kier alpha value is -1.60. The molecule has 0 radical (unpaired) electrons. The van der Waals surface area contributed by atoms with Crippen LogP contribution < -0.4 is 15.2 Å². The molecule has 0 saturated heterocycles. The van der Waals surface area contributed by atoms with E-state index in [9.17, 15) is 13.2 Å². The van der Waals surface area contributed by atoms with Crippen molar-refractivity contribution in [3.05, 3.63) is 18.2 Å². The van der Waals surface area contributed by atoms with Gasteiger partial charge in [-0.1, -0.05) is 19.3 Å². The van der Waals surface area contributed by atoms with E-state index in [0.717, 1.165) is 25.7 Å². The van der Waals surface area contributed by atoms with Gasteiger partial charge < -0.3 is 10.1 Å². The molecule has 0 atom stereocenters. The van der Waals surface area contributed by atoms with Gasteiger partial charge in [0, 0.05) is 17.7 Å². The monoisotopic (exact) mass is 312 g/mol. The average molecular weight is 312 g/mol. The first-order valence-corrected chi connectivity index (χ1v) is 8.48. The molecule has 0 unspecified atom stereocenters. The molecule has 0 bridgehead atoms. The van der Waals surface area contributed by atoms with E-state index in [2.05, 4.69) is 5.32 Å². The first kappa shape index (κ1) is 15.8. The Bertz CT molecular complexity index is 622. The Labute approximate surface area is 124 Å². The third kappa shape index (κ3) is 3.95. The lowest BCUT2D eigenvalue weighted by molar-refractivity contribution is -0.120. The largest absolute Gasteiger partial charge is 0.495 e. The molecule has 1 aromatic carbocycles. The Morgan fingerprint density at radius 1 is 1.29 bits per heavy atom. The maximum Gasteiger partial charge on any atom is 0.241 e. The molecular weight excluding hydrogens is 292 g/mol. The highest BCUT2D eigenvalue weighted by Crippen LogP contribution is 2.28. The van der Waals surface area contributed by atoms with Crippen molar-refractivity contribution in [1.82, 2.24) is 0 Å². The van der Waals surface area contributed by atoms with Gasteiger partial charge in [-0.25, -0.2) is 13.6 Å². The van der Waals surface area contributed by atoms with Gasteiger partial charge in [0.05, 0.1) is 7.11 Å². The van der Waals surface area contributed by atoms with Gasteiger partial charge >= 0.3 is 0 Å². The highest BCUT2D eigenvalue weighted by molar-refractivity contribution is 7.89. The van der Waals surface area contributed by atoms with E-state index in [1.54, 1.807) is 0 Å². The number of methoxy groups -OCH3 is 1. The number of carbonyl (C=O) groups is 1. The van der Waals surface area contributed by atoms with Crippen LogP contribution in [0.15, 0.2) is 23.1 Å². The van der Waals surface area contributed by atoms with Crippen molar-refractivity contribution in [2.24, 2.45) is 11.1 Å². The van der Waals surface area contributed by atoms with Crippen molar-refractivity contribution in [3.63, 3.8) is 0 Å². The fourth-order valence-electron chi connectivity index (χ4n) is 2.59. The number of ether oxygens (including phenoxy) is 1. The minimum absolute atomic E-state index is 0.0277. The first-order valence-electron chi connectivity index (χ1n) is 6.93. The van der Waals surface area contributed by atoms with Crippen LogP contribution in [-0.2, 0) is 14.8 Å². The predicted molar refractivity (Wildman–Crippen MR) is 79.6 cm³/mol. The van der Waals surface area contributed by atoms with E-state index in [1.807, 2.05) is 0 Å². The van der Waals surface area contributed by atoms with Gasteiger partial charge in [-0.3, -0.25) is 4.79 Å². The van der Waals surface area contributed by atoms with Crippen molar-refractivity contribution >= 4 is 21.6 Å². The Kier molecular flexibility index (Phi) is 4.84. The topological polar surface area (TPSA) is 98.5 Å². The molecule has 1 aromatic rings. The van der Waals surface area contributed by atoms with Gasteiger partial charge in [0.25, 0.3) is 0 Å². The Morgan fingerprint density at radius 3 is 2.52 bits per heavy atom. The predicted octanol–water partition coefficient (Wildman–Crippen LogP) is 1.86. The van der Waals surface area contributed by atoms with E-state index in [4.69, 9.17) is 9.88 Å². The van der Waals surface area contributed by atoms with Gasteiger partial charge in [-0.2, -0.15) is 0 Å². The van der Waals surface area contributed by atoms with Crippen molar-refractivity contribution in [3.8, 4) is 5.75 Å². The molecule has 21 heavy (non-hydrogen) atoms. The van der Waals surface area contributed by atoms with Crippen molar-refractivity contribution in [2.75, 3.05) is 12.4 Å². The smallest absolute Gasteiger partial charge is 0.241 e. The SMILES string of the molecule is COc1cc(NC(=O)C2CCCCC2)ccc1S(N)(=O)=O. The fourth-order valence-corrected chi connectivity index (χ4v) is 3.27. The zero-order valence-electron chi connectivity index (χ0n) is 12.0. The highest BCUT2D eigenvalue weighted by atomic mass is 32.2. The number of rotatable bonds is 4. The number of hydrogen-bond acceptors (Lipinski definition) is 4. The molecular formula is C14H20N2O4S. The van der Waals surface area contributed by atoms with Gasteiger partial charge in [0.1, 0.15) is 10.6 Å². The second kappa shape index (κ2) is 6.44. The number of nitrogens with two attached hydrogens (primary N) is 1. The summed E-state index contributed by atoms with van der Waals surface area (Å²) in [7, 11) is -2.49. The van der Waals surface area contributed by atoms with Crippen LogP contribution in [0.4, 0.5) is 5.69 Å². The summed E-state index contributed by atoms with van der Waals surface area (Å²) in [5.74, 6) is 0.127. The third-order valence-corrected chi connectivity index (χ3v) is 4.66. The molecule has 1 saturated carbocycles. The Morgan fingerprint density at radius 2 is 1.95 bits per heavy atom. The van der Waals surface area contributed by atoms with Crippen LogP contribution >= 0.6 is 0 Å². The summed E-state index contributed by atoms with van der Waals surface area (Å²) in [6.45, 7) is 0. The number of amides is 1. The quantitative estimate of drug-likeness (QED) is 0.886. The second-order valence-electron chi connectivity index (χ2n) is 5.23.